The van der Waals surface area contributed by atoms with Gasteiger partial charge in [0, 0.05) is 0 Å². The van der Waals surface area contributed by atoms with Crippen molar-refractivity contribution in [3.63, 3.8) is 0 Å². The van der Waals surface area contributed by atoms with E-state index < -0.39 is 24.0 Å². The van der Waals surface area contributed by atoms with Gasteiger partial charge in [0.25, 0.3) is 0 Å². The number of anilines is 1. The van der Waals surface area contributed by atoms with Crippen LogP contribution in [-0.2, 0) is 4.79 Å². The minimum atomic E-state index is -1.96. The maximum absolute atomic E-state index is 12.7. The monoisotopic (exact) mass is 215 g/mol. The van der Waals surface area contributed by atoms with E-state index in [1.165, 1.54) is 0 Å². The Morgan fingerprint density at radius 3 is 2.47 bits per heavy atom. The molecule has 0 fully saturated rings. The van der Waals surface area contributed by atoms with Crippen LogP contribution >= 0.6 is 0 Å². The summed E-state index contributed by atoms with van der Waals surface area (Å²) >= 11 is 0. The van der Waals surface area contributed by atoms with Gasteiger partial charge in [-0.15, -0.1) is 0 Å². The maximum atomic E-state index is 12.7. The van der Waals surface area contributed by atoms with Gasteiger partial charge in [0.2, 0.25) is 0 Å². The van der Waals surface area contributed by atoms with Crippen LogP contribution in [0.5, 0.6) is 0 Å². The van der Waals surface area contributed by atoms with Crippen molar-refractivity contribution in [1.82, 2.24) is 0 Å². The van der Waals surface area contributed by atoms with E-state index in [9.17, 15) is 14.3 Å². The number of aliphatic carboxylic acids is 1. The third kappa shape index (κ3) is 2.42. The predicted octanol–water partition coefficient (Wildman–Crippen LogP) is -0.113. The van der Waals surface area contributed by atoms with Crippen molar-refractivity contribution in [2.45, 2.75) is 12.2 Å². The van der Waals surface area contributed by atoms with Crippen molar-refractivity contribution >= 4 is 11.7 Å². The molecular formula is C9H10FNO4. The number of benzene rings is 1. The van der Waals surface area contributed by atoms with Gasteiger partial charge in [-0.25, -0.2) is 9.18 Å². The van der Waals surface area contributed by atoms with Crippen LogP contribution in [0.15, 0.2) is 18.2 Å². The molecular weight excluding hydrogens is 205 g/mol. The Hall–Kier alpha value is -1.66. The van der Waals surface area contributed by atoms with E-state index in [4.69, 9.17) is 15.9 Å². The lowest BCUT2D eigenvalue weighted by atomic mass is 10.0. The van der Waals surface area contributed by atoms with Gasteiger partial charge in [-0.3, -0.25) is 0 Å². The highest BCUT2D eigenvalue weighted by Gasteiger charge is 2.25. The highest BCUT2D eigenvalue weighted by atomic mass is 19.1. The van der Waals surface area contributed by atoms with Crippen molar-refractivity contribution < 1.29 is 24.5 Å². The zero-order valence-corrected chi connectivity index (χ0v) is 7.59. The summed E-state index contributed by atoms with van der Waals surface area (Å²) in [6.45, 7) is 0. The first-order chi connectivity index (χ1) is 6.93. The second-order valence-electron chi connectivity index (χ2n) is 3.01. The molecule has 82 valence electrons. The zero-order chi connectivity index (χ0) is 11.6. The number of hydrogen-bond acceptors (Lipinski definition) is 4. The Morgan fingerprint density at radius 2 is 2.00 bits per heavy atom. The van der Waals surface area contributed by atoms with E-state index in [0.29, 0.717) is 0 Å². The summed E-state index contributed by atoms with van der Waals surface area (Å²) in [7, 11) is 0. The number of rotatable bonds is 3. The van der Waals surface area contributed by atoms with Crippen LogP contribution in [0.2, 0.25) is 0 Å². The van der Waals surface area contributed by atoms with Crippen LogP contribution in [0, 0.1) is 5.82 Å². The van der Waals surface area contributed by atoms with Crippen molar-refractivity contribution in [3.05, 3.63) is 29.6 Å². The summed E-state index contributed by atoms with van der Waals surface area (Å²) < 4.78 is 12.7. The Balaban J connectivity index is 2.96. The highest BCUT2D eigenvalue weighted by molar-refractivity contribution is 5.73. The standard InChI is InChI=1S/C9H10FNO4/c10-5-2-1-4(3-6(5)11)7(12)8(13)9(14)15/h1-3,7-8,12-13H,11H2,(H,14,15). The van der Waals surface area contributed by atoms with Crippen LogP contribution in [0.25, 0.3) is 0 Å². The second-order valence-corrected chi connectivity index (χ2v) is 3.01. The summed E-state index contributed by atoms with van der Waals surface area (Å²) in [6, 6.07) is 3.22. The molecule has 0 aromatic heterocycles. The van der Waals surface area contributed by atoms with Gasteiger partial charge in [0.15, 0.2) is 6.10 Å². The van der Waals surface area contributed by atoms with Crippen molar-refractivity contribution in [2.24, 2.45) is 0 Å². The van der Waals surface area contributed by atoms with Crippen molar-refractivity contribution in [3.8, 4) is 0 Å². The SMILES string of the molecule is Nc1cc(C(O)C(O)C(=O)O)ccc1F. The van der Waals surface area contributed by atoms with Crippen LogP contribution < -0.4 is 5.73 Å². The molecule has 0 aliphatic rings. The molecule has 2 atom stereocenters. The quantitative estimate of drug-likeness (QED) is 0.526. The number of halogens is 1. The molecule has 0 amide bonds. The van der Waals surface area contributed by atoms with Gasteiger partial charge in [0.05, 0.1) is 5.69 Å². The first kappa shape index (κ1) is 11.4. The Morgan fingerprint density at radius 1 is 1.40 bits per heavy atom. The molecule has 0 saturated heterocycles. The molecule has 0 aliphatic heterocycles. The third-order valence-electron chi connectivity index (χ3n) is 1.91. The molecule has 0 spiro atoms. The zero-order valence-electron chi connectivity index (χ0n) is 7.59. The predicted molar refractivity (Wildman–Crippen MR) is 49.4 cm³/mol. The molecule has 1 aromatic carbocycles. The first-order valence-electron chi connectivity index (χ1n) is 4.07. The number of carboxylic acid groups (broad SMARTS) is 1. The Kier molecular flexibility index (Phi) is 3.23. The summed E-state index contributed by atoms with van der Waals surface area (Å²) in [6.07, 6.45) is -3.60. The summed E-state index contributed by atoms with van der Waals surface area (Å²) in [5, 5.41) is 26.8. The third-order valence-corrected chi connectivity index (χ3v) is 1.91. The minimum absolute atomic E-state index is 0.0452. The fourth-order valence-electron chi connectivity index (χ4n) is 1.06. The molecule has 5 N–H and O–H groups in total. The molecule has 1 rings (SSSR count). The average Bonchev–Trinajstić information content (AvgIpc) is 2.19. The molecule has 2 unspecified atom stereocenters. The Bertz CT molecular complexity index is 382. The van der Waals surface area contributed by atoms with Crippen LogP contribution in [0.4, 0.5) is 10.1 Å². The fraction of sp³-hybridized carbons (Fsp3) is 0.222. The van der Waals surface area contributed by atoms with E-state index in [1.54, 1.807) is 0 Å². The molecule has 15 heavy (non-hydrogen) atoms. The summed E-state index contributed by atoms with van der Waals surface area (Å²) in [5.74, 6) is -2.24. The van der Waals surface area contributed by atoms with Gasteiger partial charge >= 0.3 is 5.97 Å². The average molecular weight is 215 g/mol. The number of carboxylic acids is 1. The van der Waals surface area contributed by atoms with Crippen LogP contribution in [-0.4, -0.2) is 27.4 Å². The smallest absolute Gasteiger partial charge is 0.335 e. The molecule has 0 saturated carbocycles. The summed E-state index contributed by atoms with van der Waals surface area (Å²) in [5.41, 5.74) is 5.05. The number of hydrogen-bond donors (Lipinski definition) is 4. The maximum Gasteiger partial charge on any atom is 0.335 e. The van der Waals surface area contributed by atoms with E-state index >= 15 is 0 Å². The van der Waals surface area contributed by atoms with Gasteiger partial charge < -0.3 is 21.1 Å². The van der Waals surface area contributed by atoms with E-state index in [-0.39, 0.29) is 11.3 Å². The van der Waals surface area contributed by atoms with E-state index in [1.807, 2.05) is 0 Å². The van der Waals surface area contributed by atoms with E-state index in [0.717, 1.165) is 18.2 Å². The molecule has 0 radical (unpaired) electrons. The second kappa shape index (κ2) is 4.24. The fourth-order valence-corrected chi connectivity index (χ4v) is 1.06. The Labute approximate surface area is 84.6 Å². The van der Waals surface area contributed by atoms with Crippen molar-refractivity contribution in [2.75, 3.05) is 5.73 Å². The lowest BCUT2D eigenvalue weighted by Gasteiger charge is -2.14. The molecule has 6 heteroatoms. The summed E-state index contributed by atoms with van der Waals surface area (Å²) in [4.78, 5) is 10.4. The number of nitrogens with two attached hydrogens (primary N) is 1. The van der Waals surface area contributed by atoms with Gasteiger partial charge in [-0.05, 0) is 17.7 Å². The first-order valence-corrected chi connectivity index (χ1v) is 4.07. The van der Waals surface area contributed by atoms with Crippen LogP contribution in [0.3, 0.4) is 0 Å². The van der Waals surface area contributed by atoms with Gasteiger partial charge in [0.1, 0.15) is 11.9 Å². The molecule has 1 aromatic rings. The number of nitrogen functional groups attached to an aromatic ring is 1. The minimum Gasteiger partial charge on any atom is -0.479 e. The lowest BCUT2D eigenvalue weighted by molar-refractivity contribution is -0.153. The van der Waals surface area contributed by atoms with E-state index in [2.05, 4.69) is 0 Å². The van der Waals surface area contributed by atoms with Crippen LogP contribution in [0.1, 0.15) is 11.7 Å². The number of aliphatic hydroxyl groups excluding tert-OH is 2. The van der Waals surface area contributed by atoms with Crippen molar-refractivity contribution in [1.29, 1.82) is 0 Å². The number of carbonyl (C=O) groups is 1. The molecule has 5 nitrogen and oxygen atoms in total. The highest BCUT2D eigenvalue weighted by Crippen LogP contribution is 2.21. The molecule has 0 heterocycles. The topological polar surface area (TPSA) is 104 Å². The lowest BCUT2D eigenvalue weighted by Crippen LogP contribution is -2.27. The number of aliphatic hydroxyl groups is 2. The molecule has 0 aliphatic carbocycles. The normalized spacial score (nSPS) is 14.6. The largest absolute Gasteiger partial charge is 0.479 e. The molecule has 0 bridgehead atoms. The van der Waals surface area contributed by atoms with Gasteiger partial charge in [-0.1, -0.05) is 6.07 Å². The van der Waals surface area contributed by atoms with Gasteiger partial charge in [-0.2, -0.15) is 0 Å².